The molecule has 1 aliphatic rings. The van der Waals surface area contributed by atoms with Gasteiger partial charge in [-0.15, -0.1) is 0 Å². The molecule has 0 aliphatic carbocycles. The van der Waals surface area contributed by atoms with E-state index in [9.17, 15) is 51.6 Å². The molecule has 1 saturated heterocycles. The Morgan fingerprint density at radius 2 is 1.12 bits per heavy atom. The monoisotopic (exact) mass is 567 g/mol. The van der Waals surface area contributed by atoms with Crippen molar-refractivity contribution in [2.45, 2.75) is 85.0 Å². The van der Waals surface area contributed by atoms with Gasteiger partial charge in [-0.3, -0.25) is 5.01 Å². The van der Waals surface area contributed by atoms with Crippen molar-refractivity contribution in [3.8, 4) is 0 Å². The zero-order chi connectivity index (χ0) is 27.2. The van der Waals surface area contributed by atoms with Gasteiger partial charge in [0.15, 0.2) is 19.7 Å². The minimum Gasteiger partial charge on any atom is -0.279 e. The van der Waals surface area contributed by atoms with E-state index in [0.717, 1.165) is 32.7 Å². The number of piperidine rings is 1. The second kappa shape index (κ2) is 9.37. The molecule has 0 aromatic heterocycles. The fraction of sp³-hybridized carbons (Fsp3) is 1.00. The van der Waals surface area contributed by atoms with Gasteiger partial charge in [0, 0.05) is 13.1 Å². The van der Waals surface area contributed by atoms with Gasteiger partial charge in [0.05, 0.1) is 10.5 Å². The molecule has 0 spiro atoms. The quantitative estimate of drug-likeness (QED) is 0.225. The maximum atomic E-state index is 14.9. The minimum absolute atomic E-state index is 0.00280. The van der Waals surface area contributed by atoms with E-state index in [0.29, 0.717) is 19.3 Å². The predicted octanol–water partition coefficient (Wildman–Crippen LogP) is 3.40. The van der Waals surface area contributed by atoms with Crippen LogP contribution in [0.1, 0.15) is 53.9 Å². The Bertz CT molecular complexity index is 1060. The van der Waals surface area contributed by atoms with Crippen LogP contribution in [-0.2, 0) is 29.5 Å². The number of nitrogens with zero attached hydrogens (tertiary/aromatic N) is 3. The van der Waals surface area contributed by atoms with E-state index in [1.54, 1.807) is 0 Å². The molecule has 1 fully saturated rings. The Balaban J connectivity index is 3.80. The molecule has 0 atom stereocenters. The molecule has 1 rings (SSSR count). The molecule has 1 heterocycles. The van der Waals surface area contributed by atoms with Gasteiger partial charge in [0.25, 0.3) is 13.2 Å². The van der Waals surface area contributed by atoms with E-state index in [2.05, 4.69) is 5.22 Å². The summed E-state index contributed by atoms with van der Waals surface area (Å²) in [6, 6.07) is -6.15. The van der Waals surface area contributed by atoms with E-state index in [1.165, 1.54) is 0 Å². The second-order valence-electron chi connectivity index (χ2n) is 8.39. The van der Waals surface area contributed by atoms with Gasteiger partial charge in [-0.05, 0) is 53.9 Å². The van der Waals surface area contributed by atoms with Crippen molar-refractivity contribution >= 4 is 29.5 Å². The third-order valence-corrected chi connectivity index (χ3v) is 16.0. The van der Waals surface area contributed by atoms with Crippen molar-refractivity contribution < 1.29 is 51.6 Å². The van der Waals surface area contributed by atoms with Crippen LogP contribution in [0.4, 0.5) is 26.3 Å². The first-order valence-electron chi connectivity index (χ1n) is 9.99. The zero-order valence-electron chi connectivity index (χ0n) is 19.0. The Kier molecular flexibility index (Phi) is 8.50. The lowest BCUT2D eigenvalue weighted by molar-refractivity contribution is -0.279. The normalized spacial score (nSPS) is 18.3. The van der Waals surface area contributed by atoms with Crippen LogP contribution in [0, 0.1) is 0 Å². The molecule has 0 bridgehead atoms. The van der Waals surface area contributed by atoms with Crippen molar-refractivity contribution in [2.75, 3.05) is 13.1 Å². The van der Waals surface area contributed by atoms with Crippen LogP contribution in [0.2, 0.25) is 0 Å². The van der Waals surface area contributed by atoms with Gasteiger partial charge >= 0.3 is 17.2 Å². The topological polar surface area (TPSA) is 130 Å². The van der Waals surface area contributed by atoms with E-state index < -0.39 is 60.6 Å². The summed E-state index contributed by atoms with van der Waals surface area (Å²) in [5.41, 5.74) is 0. The number of hydrogen-bond acceptors (Lipinski definition) is 8. The molecule has 0 saturated carbocycles. The van der Waals surface area contributed by atoms with Crippen molar-refractivity contribution in [2.24, 2.45) is 10.3 Å². The Morgan fingerprint density at radius 3 is 1.47 bits per heavy atom. The van der Waals surface area contributed by atoms with E-state index in [4.69, 9.17) is 0 Å². The maximum Gasteiger partial charge on any atom is 0.430 e. The molecular formula is C16H27F6N3O6S3. The predicted molar refractivity (Wildman–Crippen MR) is 111 cm³/mol. The first-order valence-corrected chi connectivity index (χ1v) is 14.6. The van der Waals surface area contributed by atoms with Crippen molar-refractivity contribution in [1.82, 2.24) is 5.01 Å². The molecule has 0 unspecified atom stereocenters. The first kappa shape index (κ1) is 30.9. The standard InChI is InChI=1S/C16H27F6N3O6S3/c1-11(2)32(26,27)13(5,33(28,29)12(3)4)34(30,31)16(21,22)14(17,18)15(19,20)23-24-25-9-7-6-8-10-25/h11-12H,6-10H2,1-5H3/b24-23+. The van der Waals surface area contributed by atoms with Gasteiger partial charge in [-0.25, -0.2) is 25.3 Å². The Morgan fingerprint density at radius 1 is 0.735 bits per heavy atom. The number of rotatable bonds is 10. The van der Waals surface area contributed by atoms with Crippen LogP contribution < -0.4 is 0 Å². The summed E-state index contributed by atoms with van der Waals surface area (Å²) in [4.78, 5) is 0. The van der Waals surface area contributed by atoms with Crippen LogP contribution >= 0.6 is 0 Å². The summed E-state index contributed by atoms with van der Waals surface area (Å²) in [5.74, 6) is -6.88. The molecule has 9 nitrogen and oxygen atoms in total. The lowest BCUT2D eigenvalue weighted by atomic mass is 10.2. The summed E-state index contributed by atoms with van der Waals surface area (Å²) in [6.07, 6.45) is 1.51. The zero-order valence-corrected chi connectivity index (χ0v) is 21.4. The van der Waals surface area contributed by atoms with Gasteiger partial charge in [-0.1, -0.05) is 10.3 Å². The highest BCUT2D eigenvalue weighted by molar-refractivity contribution is 8.26. The molecule has 0 radical (unpaired) electrons. The van der Waals surface area contributed by atoms with Crippen LogP contribution in [0.25, 0.3) is 0 Å². The lowest BCUT2D eigenvalue weighted by Gasteiger charge is -2.37. The third-order valence-electron chi connectivity index (χ3n) is 5.47. The molecule has 0 aromatic rings. The number of hydrogen-bond donors (Lipinski definition) is 0. The SMILES string of the molecule is CC(C)S(=O)(=O)C(C)(S(=O)(=O)C(C)C)S(=O)(=O)C(F)(F)C(F)(F)C(F)(F)/N=N/N1CCCCC1. The summed E-state index contributed by atoms with van der Waals surface area (Å²) in [6.45, 7) is 2.65. The fourth-order valence-electron chi connectivity index (χ4n) is 3.05. The van der Waals surface area contributed by atoms with Crippen LogP contribution in [-0.4, -0.2) is 74.5 Å². The fourth-order valence-corrected chi connectivity index (χ4v) is 12.4. The largest absolute Gasteiger partial charge is 0.430 e. The third kappa shape index (κ3) is 4.41. The highest BCUT2D eigenvalue weighted by atomic mass is 32.3. The van der Waals surface area contributed by atoms with Crippen LogP contribution in [0.15, 0.2) is 10.3 Å². The minimum atomic E-state index is -7.44. The maximum absolute atomic E-state index is 14.9. The van der Waals surface area contributed by atoms with Crippen LogP contribution in [0.3, 0.4) is 0 Å². The van der Waals surface area contributed by atoms with Gasteiger partial charge in [-0.2, -0.15) is 26.3 Å². The molecule has 1 aliphatic heterocycles. The molecule has 202 valence electrons. The Hall–Kier alpha value is -1.17. The lowest BCUT2D eigenvalue weighted by Crippen LogP contribution is -2.66. The summed E-state index contributed by atoms with van der Waals surface area (Å²) >= 11 is 0. The van der Waals surface area contributed by atoms with E-state index in [-0.39, 0.29) is 20.0 Å². The smallest absolute Gasteiger partial charge is 0.279 e. The van der Waals surface area contributed by atoms with Crippen molar-refractivity contribution in [3.05, 3.63) is 0 Å². The highest BCUT2D eigenvalue weighted by Gasteiger charge is 2.84. The summed E-state index contributed by atoms with van der Waals surface area (Å²) in [5, 5.41) is -5.35. The number of halogens is 6. The van der Waals surface area contributed by atoms with Gasteiger partial charge in [0.1, 0.15) is 0 Å². The highest BCUT2D eigenvalue weighted by Crippen LogP contribution is 2.54. The molecule has 0 amide bonds. The van der Waals surface area contributed by atoms with E-state index >= 15 is 0 Å². The first-order chi connectivity index (χ1) is 15.0. The molecule has 0 N–H and O–H groups in total. The second-order valence-corrected chi connectivity index (χ2v) is 17.2. The average molecular weight is 568 g/mol. The molecular weight excluding hydrogens is 540 g/mol. The summed E-state index contributed by atoms with van der Waals surface area (Å²) in [7, 11) is -18.9. The average Bonchev–Trinajstić information content (AvgIpc) is 2.71. The molecule has 18 heteroatoms. The Labute approximate surface area is 194 Å². The van der Waals surface area contributed by atoms with Gasteiger partial charge < -0.3 is 0 Å². The van der Waals surface area contributed by atoms with E-state index in [1.807, 2.05) is 5.11 Å². The molecule has 34 heavy (non-hydrogen) atoms. The number of sulfone groups is 3. The number of alkyl halides is 6. The van der Waals surface area contributed by atoms with Crippen LogP contribution in [0.5, 0.6) is 0 Å². The molecule has 0 aromatic carbocycles. The van der Waals surface area contributed by atoms with Crippen molar-refractivity contribution in [1.29, 1.82) is 0 Å². The van der Waals surface area contributed by atoms with Crippen molar-refractivity contribution in [3.63, 3.8) is 0 Å². The summed E-state index contributed by atoms with van der Waals surface area (Å²) < 4.78 is 159. The van der Waals surface area contributed by atoms with Gasteiger partial charge in [0.2, 0.25) is 0 Å².